The van der Waals surface area contributed by atoms with Crippen molar-refractivity contribution in [1.82, 2.24) is 5.32 Å². The summed E-state index contributed by atoms with van der Waals surface area (Å²) in [5.41, 5.74) is 1.87. The predicted octanol–water partition coefficient (Wildman–Crippen LogP) is 5.11. The standard InChI is InChI=1S/C25H19BrN2O4/c26-20-13-9-18(10-14-20)23(29)28-22(8-4-7-17-5-2-1-3-6-17)24(30)27-21-15-11-19(12-16-21)25(31)32/h1-16H,(H,27,30)(H,28,29)(H,31,32). The van der Waals surface area contributed by atoms with Crippen LogP contribution in [0.2, 0.25) is 0 Å². The van der Waals surface area contributed by atoms with Crippen LogP contribution < -0.4 is 10.6 Å². The maximum atomic E-state index is 12.8. The van der Waals surface area contributed by atoms with Crippen molar-refractivity contribution in [2.75, 3.05) is 5.32 Å². The minimum absolute atomic E-state index is 0.0346. The van der Waals surface area contributed by atoms with E-state index in [0.29, 0.717) is 11.3 Å². The Labute approximate surface area is 193 Å². The number of nitrogens with one attached hydrogen (secondary N) is 2. The molecule has 0 aliphatic heterocycles. The van der Waals surface area contributed by atoms with Crippen molar-refractivity contribution >= 4 is 45.5 Å². The number of allylic oxidation sites excluding steroid dienone is 2. The van der Waals surface area contributed by atoms with E-state index in [2.05, 4.69) is 26.6 Å². The fraction of sp³-hybridized carbons (Fsp3) is 0. The van der Waals surface area contributed by atoms with Crippen molar-refractivity contribution in [3.8, 4) is 0 Å². The number of carboxylic acid groups (broad SMARTS) is 1. The second kappa shape index (κ2) is 10.9. The number of halogens is 1. The zero-order valence-corrected chi connectivity index (χ0v) is 18.4. The molecule has 160 valence electrons. The second-order valence-electron chi connectivity index (χ2n) is 6.65. The van der Waals surface area contributed by atoms with Gasteiger partial charge in [0.25, 0.3) is 11.8 Å². The molecule has 0 fully saturated rings. The molecule has 0 aliphatic carbocycles. The minimum atomic E-state index is -1.06. The van der Waals surface area contributed by atoms with E-state index in [-0.39, 0.29) is 11.3 Å². The molecule has 0 saturated heterocycles. The van der Waals surface area contributed by atoms with Gasteiger partial charge < -0.3 is 15.7 Å². The van der Waals surface area contributed by atoms with Gasteiger partial charge in [-0.2, -0.15) is 0 Å². The number of hydrogen-bond acceptors (Lipinski definition) is 3. The van der Waals surface area contributed by atoms with Gasteiger partial charge in [-0.05, 0) is 60.2 Å². The van der Waals surface area contributed by atoms with E-state index in [1.807, 2.05) is 30.3 Å². The number of hydrogen-bond donors (Lipinski definition) is 3. The average molecular weight is 491 g/mol. The Balaban J connectivity index is 1.81. The van der Waals surface area contributed by atoms with Gasteiger partial charge in [-0.3, -0.25) is 9.59 Å². The Bertz CT molecular complexity index is 1170. The molecule has 0 atom stereocenters. The number of aromatic carboxylic acids is 1. The molecular formula is C25H19BrN2O4. The summed E-state index contributed by atoms with van der Waals surface area (Å²) < 4.78 is 0.832. The highest BCUT2D eigenvalue weighted by Gasteiger charge is 2.14. The Morgan fingerprint density at radius 1 is 0.812 bits per heavy atom. The number of carbonyl (C=O) groups excluding carboxylic acids is 2. The Morgan fingerprint density at radius 3 is 2.06 bits per heavy atom. The highest BCUT2D eigenvalue weighted by atomic mass is 79.9. The quantitative estimate of drug-likeness (QED) is 0.316. The number of amides is 2. The Hall–Kier alpha value is -3.97. The van der Waals surface area contributed by atoms with Crippen LogP contribution in [0.5, 0.6) is 0 Å². The number of carbonyl (C=O) groups is 3. The molecule has 32 heavy (non-hydrogen) atoms. The summed E-state index contributed by atoms with van der Waals surface area (Å²) in [5.74, 6) is -2.04. The Kier molecular flexibility index (Phi) is 7.72. The third kappa shape index (κ3) is 6.52. The van der Waals surface area contributed by atoms with Crippen LogP contribution in [-0.4, -0.2) is 22.9 Å². The van der Waals surface area contributed by atoms with Gasteiger partial charge in [0.15, 0.2) is 0 Å². The molecule has 0 bridgehead atoms. The number of benzene rings is 3. The van der Waals surface area contributed by atoms with Gasteiger partial charge in [-0.15, -0.1) is 0 Å². The van der Waals surface area contributed by atoms with Crippen LogP contribution in [0.3, 0.4) is 0 Å². The van der Waals surface area contributed by atoms with Crippen LogP contribution in [0.4, 0.5) is 5.69 Å². The summed E-state index contributed by atoms with van der Waals surface area (Å²) in [6.07, 6.45) is 4.98. The Morgan fingerprint density at radius 2 is 1.44 bits per heavy atom. The lowest BCUT2D eigenvalue weighted by atomic mass is 10.2. The highest BCUT2D eigenvalue weighted by molar-refractivity contribution is 9.10. The molecule has 0 spiro atoms. The summed E-state index contributed by atoms with van der Waals surface area (Å²) in [4.78, 5) is 36.5. The topological polar surface area (TPSA) is 95.5 Å². The fourth-order valence-corrected chi connectivity index (χ4v) is 2.95. The first-order valence-corrected chi connectivity index (χ1v) is 10.4. The summed E-state index contributed by atoms with van der Waals surface area (Å²) in [5, 5.41) is 14.3. The van der Waals surface area contributed by atoms with Crippen LogP contribution >= 0.6 is 15.9 Å². The zero-order valence-electron chi connectivity index (χ0n) is 16.8. The van der Waals surface area contributed by atoms with Gasteiger partial charge in [-0.25, -0.2) is 4.79 Å². The number of anilines is 1. The van der Waals surface area contributed by atoms with Gasteiger partial charge in [0.05, 0.1) is 5.56 Å². The third-order valence-electron chi connectivity index (χ3n) is 4.34. The van der Waals surface area contributed by atoms with Crippen molar-refractivity contribution in [2.24, 2.45) is 0 Å². The molecule has 0 aliphatic rings. The van der Waals surface area contributed by atoms with E-state index >= 15 is 0 Å². The first-order chi connectivity index (χ1) is 15.4. The van der Waals surface area contributed by atoms with Crippen molar-refractivity contribution in [3.05, 3.63) is 118 Å². The molecule has 3 N–H and O–H groups in total. The van der Waals surface area contributed by atoms with E-state index in [4.69, 9.17) is 5.11 Å². The molecule has 3 aromatic rings. The van der Waals surface area contributed by atoms with Crippen molar-refractivity contribution in [3.63, 3.8) is 0 Å². The molecule has 3 rings (SSSR count). The van der Waals surface area contributed by atoms with Crippen molar-refractivity contribution in [2.45, 2.75) is 0 Å². The molecule has 0 aromatic heterocycles. The summed E-state index contributed by atoms with van der Waals surface area (Å²) >= 11 is 3.32. The fourth-order valence-electron chi connectivity index (χ4n) is 2.68. The maximum absolute atomic E-state index is 12.8. The van der Waals surface area contributed by atoms with Gasteiger partial charge in [-0.1, -0.05) is 58.4 Å². The van der Waals surface area contributed by atoms with Gasteiger partial charge in [0.1, 0.15) is 5.70 Å². The highest BCUT2D eigenvalue weighted by Crippen LogP contribution is 2.13. The predicted molar refractivity (Wildman–Crippen MR) is 127 cm³/mol. The lowest BCUT2D eigenvalue weighted by Crippen LogP contribution is -2.30. The average Bonchev–Trinajstić information content (AvgIpc) is 2.79. The van der Waals surface area contributed by atoms with Crippen LogP contribution in [-0.2, 0) is 4.79 Å². The van der Waals surface area contributed by atoms with Gasteiger partial charge >= 0.3 is 5.97 Å². The largest absolute Gasteiger partial charge is 0.478 e. The van der Waals surface area contributed by atoms with Crippen LogP contribution in [0.1, 0.15) is 26.3 Å². The van der Waals surface area contributed by atoms with Crippen LogP contribution in [0.25, 0.3) is 6.08 Å². The molecule has 2 amide bonds. The SMILES string of the molecule is O=C(Nc1ccc(C(=O)O)cc1)C(=CC=Cc1ccccc1)NC(=O)c1ccc(Br)cc1. The van der Waals surface area contributed by atoms with E-state index in [9.17, 15) is 14.4 Å². The third-order valence-corrected chi connectivity index (χ3v) is 4.87. The van der Waals surface area contributed by atoms with Gasteiger partial charge in [0, 0.05) is 15.7 Å². The van der Waals surface area contributed by atoms with Crippen LogP contribution in [0, 0.1) is 0 Å². The summed E-state index contributed by atoms with van der Waals surface area (Å²) in [7, 11) is 0. The van der Waals surface area contributed by atoms with Crippen LogP contribution in [0.15, 0.2) is 101 Å². The summed E-state index contributed by atoms with van der Waals surface area (Å²) in [6.45, 7) is 0. The lowest BCUT2D eigenvalue weighted by molar-refractivity contribution is -0.113. The number of carboxylic acids is 1. The monoisotopic (exact) mass is 490 g/mol. The van der Waals surface area contributed by atoms with E-state index in [1.165, 1.54) is 30.3 Å². The van der Waals surface area contributed by atoms with Gasteiger partial charge in [0.2, 0.25) is 0 Å². The van der Waals surface area contributed by atoms with E-state index in [0.717, 1.165) is 10.0 Å². The van der Waals surface area contributed by atoms with E-state index in [1.54, 1.807) is 36.4 Å². The molecular weight excluding hydrogens is 472 g/mol. The molecule has 0 unspecified atom stereocenters. The van der Waals surface area contributed by atoms with Crippen molar-refractivity contribution in [1.29, 1.82) is 0 Å². The minimum Gasteiger partial charge on any atom is -0.478 e. The molecule has 3 aromatic carbocycles. The first kappa shape index (κ1) is 22.7. The smallest absolute Gasteiger partial charge is 0.335 e. The lowest BCUT2D eigenvalue weighted by Gasteiger charge is -2.11. The molecule has 0 radical (unpaired) electrons. The normalized spacial score (nSPS) is 11.2. The summed E-state index contributed by atoms with van der Waals surface area (Å²) in [6, 6.07) is 22.0. The van der Waals surface area contributed by atoms with Crippen molar-refractivity contribution < 1.29 is 19.5 Å². The number of rotatable bonds is 7. The second-order valence-corrected chi connectivity index (χ2v) is 7.56. The maximum Gasteiger partial charge on any atom is 0.335 e. The molecule has 6 nitrogen and oxygen atoms in total. The molecule has 0 heterocycles. The molecule has 7 heteroatoms. The first-order valence-electron chi connectivity index (χ1n) is 9.57. The van der Waals surface area contributed by atoms with E-state index < -0.39 is 17.8 Å². The zero-order chi connectivity index (χ0) is 22.9. The molecule has 0 saturated carbocycles.